The number of aliphatic hydroxyl groups is 1. The van der Waals surface area contributed by atoms with Gasteiger partial charge in [0, 0.05) is 35.7 Å². The number of carboxylic acid groups (broad SMARTS) is 1. The zero-order chi connectivity index (χ0) is 17.4. The monoisotopic (exact) mass is 366 g/mol. The van der Waals surface area contributed by atoms with E-state index in [9.17, 15) is 15.0 Å². The van der Waals surface area contributed by atoms with Crippen molar-refractivity contribution in [2.24, 2.45) is 11.7 Å². The Labute approximate surface area is 149 Å². The molecule has 23 heavy (non-hydrogen) atoms. The number of nitrogens with one attached hydrogen (secondary N) is 3. The number of hydrogen-bond donors (Lipinski definition) is 8. The Morgan fingerprint density at radius 3 is 2.48 bits per heavy atom. The number of thiol groups is 2. The van der Waals surface area contributed by atoms with Crippen molar-refractivity contribution >= 4 is 31.2 Å². The van der Waals surface area contributed by atoms with Gasteiger partial charge >= 0.3 is 5.97 Å². The van der Waals surface area contributed by atoms with E-state index in [-0.39, 0.29) is 22.6 Å². The molecule has 7 nitrogen and oxygen atoms in total. The molecule has 0 radical (unpaired) electrons. The Bertz CT molecular complexity index is 365. The predicted molar refractivity (Wildman–Crippen MR) is 98.0 cm³/mol. The highest BCUT2D eigenvalue weighted by molar-refractivity contribution is 7.85. The van der Waals surface area contributed by atoms with E-state index in [1.54, 1.807) is 0 Å². The van der Waals surface area contributed by atoms with Gasteiger partial charge in [-0.2, -0.15) is 25.3 Å². The highest BCUT2D eigenvalue weighted by atomic mass is 32.1. The van der Waals surface area contributed by atoms with Crippen LogP contribution in [-0.2, 0) is 4.79 Å². The minimum Gasteiger partial charge on any atom is -0.481 e. The molecule has 6 unspecified atom stereocenters. The first kappa shape index (κ1) is 21.0. The van der Waals surface area contributed by atoms with Crippen LogP contribution in [0.3, 0.4) is 0 Å². The van der Waals surface area contributed by atoms with Crippen molar-refractivity contribution in [2.45, 2.75) is 54.6 Å². The molecule has 0 aliphatic heterocycles. The van der Waals surface area contributed by atoms with E-state index >= 15 is 0 Å². The Hall–Kier alpha value is -0.0300. The fourth-order valence-electron chi connectivity index (χ4n) is 2.87. The Morgan fingerprint density at radius 2 is 1.87 bits per heavy atom. The average molecular weight is 367 g/mol. The highest BCUT2D eigenvalue weighted by Crippen LogP contribution is 2.28. The lowest BCUT2D eigenvalue weighted by molar-refractivity contribution is -0.142. The third-order valence-electron chi connectivity index (χ3n) is 4.13. The molecule has 0 aromatic carbocycles. The molecule has 0 amide bonds. The molecule has 0 aromatic rings. The van der Waals surface area contributed by atoms with Crippen LogP contribution >= 0.6 is 25.3 Å². The molecule has 136 valence electrons. The normalized spacial score (nSPS) is 34.2. The second kappa shape index (κ2) is 10.8. The van der Waals surface area contributed by atoms with Gasteiger partial charge in [0.1, 0.15) is 0 Å². The Balaban J connectivity index is 2.68. The lowest BCUT2D eigenvalue weighted by atomic mass is 9.93. The second-order valence-corrected chi connectivity index (χ2v) is 7.52. The number of aliphatic hydroxyl groups excluding tert-OH is 1. The fraction of sp³-hybridized carbons (Fsp3) is 0.929. The summed E-state index contributed by atoms with van der Waals surface area (Å²) in [5.74, 6) is -1.37. The molecule has 0 spiro atoms. The van der Waals surface area contributed by atoms with Crippen molar-refractivity contribution in [1.29, 1.82) is 0 Å². The summed E-state index contributed by atoms with van der Waals surface area (Å²) in [4.78, 5) is 11.5. The summed E-state index contributed by atoms with van der Waals surface area (Å²) >= 11 is 8.99. The minimum atomic E-state index is -0.894. The minimum absolute atomic E-state index is 0.0346. The topological polar surface area (TPSA) is 120 Å². The van der Waals surface area contributed by atoms with E-state index < -0.39 is 18.2 Å². The molecular formula is C14H30N4O3S2. The summed E-state index contributed by atoms with van der Waals surface area (Å²) in [6.07, 6.45) is 1.22. The SMILES string of the molecule is CNCCNC(O)NC1CC(N)CC(S)C(S)CC(C(=O)O)C1. The molecule has 9 heteroatoms. The van der Waals surface area contributed by atoms with Crippen LogP contribution in [0.5, 0.6) is 0 Å². The largest absolute Gasteiger partial charge is 0.481 e. The van der Waals surface area contributed by atoms with Crippen LogP contribution in [0.4, 0.5) is 0 Å². The third-order valence-corrected chi connectivity index (χ3v) is 5.50. The van der Waals surface area contributed by atoms with Crippen LogP contribution in [0, 0.1) is 5.92 Å². The number of hydrogen-bond acceptors (Lipinski definition) is 8. The van der Waals surface area contributed by atoms with Crippen molar-refractivity contribution in [2.75, 3.05) is 20.1 Å². The number of likely N-dealkylation sites (N-methyl/N-ethyl adjacent to an activating group) is 1. The molecule has 0 heterocycles. The zero-order valence-corrected chi connectivity index (χ0v) is 15.3. The number of nitrogens with two attached hydrogens (primary N) is 1. The maximum absolute atomic E-state index is 11.5. The van der Waals surface area contributed by atoms with Gasteiger partial charge in [-0.3, -0.25) is 15.4 Å². The van der Waals surface area contributed by atoms with Gasteiger partial charge in [0.15, 0.2) is 6.35 Å². The summed E-state index contributed by atoms with van der Waals surface area (Å²) in [6, 6.07) is -0.288. The van der Waals surface area contributed by atoms with Crippen molar-refractivity contribution in [3.63, 3.8) is 0 Å². The average Bonchev–Trinajstić information content (AvgIpc) is 2.49. The van der Waals surface area contributed by atoms with Crippen LogP contribution in [0.15, 0.2) is 0 Å². The van der Waals surface area contributed by atoms with Gasteiger partial charge in [0.05, 0.1) is 5.92 Å². The van der Waals surface area contributed by atoms with Crippen LogP contribution in [-0.4, -0.2) is 65.3 Å². The zero-order valence-electron chi connectivity index (χ0n) is 13.5. The van der Waals surface area contributed by atoms with Crippen LogP contribution < -0.4 is 21.7 Å². The second-order valence-electron chi connectivity index (χ2n) is 6.20. The van der Waals surface area contributed by atoms with Gasteiger partial charge < -0.3 is 21.3 Å². The molecule has 0 saturated heterocycles. The first-order valence-corrected chi connectivity index (χ1v) is 9.03. The molecule has 1 aliphatic carbocycles. The van der Waals surface area contributed by atoms with Crippen LogP contribution in [0.25, 0.3) is 0 Å². The molecular weight excluding hydrogens is 336 g/mol. The summed E-state index contributed by atoms with van der Waals surface area (Å²) in [5, 5.41) is 28.2. The highest BCUT2D eigenvalue weighted by Gasteiger charge is 2.31. The van der Waals surface area contributed by atoms with Gasteiger partial charge in [-0.05, 0) is 32.7 Å². The molecule has 1 fully saturated rings. The quantitative estimate of drug-likeness (QED) is 0.169. The Morgan fingerprint density at radius 1 is 1.22 bits per heavy atom. The number of aliphatic carboxylic acids is 1. The standard InChI is InChI=1S/C14H30N4O3S2/c1-16-2-3-17-14(21)18-10-4-8(13(19)20)5-11(22)12(23)7-9(15)6-10/h8-12,14,16-18,21-23H,2-7,15H2,1H3,(H,19,20). The van der Waals surface area contributed by atoms with E-state index in [1.165, 1.54) is 0 Å². The number of rotatable bonds is 7. The molecule has 0 bridgehead atoms. The lowest BCUT2D eigenvalue weighted by Gasteiger charge is -2.26. The van der Waals surface area contributed by atoms with Crippen molar-refractivity contribution in [3.8, 4) is 0 Å². The van der Waals surface area contributed by atoms with Crippen LogP contribution in [0.1, 0.15) is 25.7 Å². The first-order valence-electron chi connectivity index (χ1n) is 8.00. The molecule has 1 aliphatic rings. The first-order chi connectivity index (χ1) is 10.8. The van der Waals surface area contributed by atoms with Gasteiger partial charge in [-0.1, -0.05) is 0 Å². The molecule has 1 saturated carbocycles. The smallest absolute Gasteiger partial charge is 0.306 e. The van der Waals surface area contributed by atoms with Gasteiger partial charge in [-0.15, -0.1) is 0 Å². The van der Waals surface area contributed by atoms with Gasteiger partial charge in [0.25, 0.3) is 0 Å². The van der Waals surface area contributed by atoms with E-state index in [4.69, 9.17) is 5.73 Å². The van der Waals surface area contributed by atoms with Crippen molar-refractivity contribution in [3.05, 3.63) is 0 Å². The fourth-order valence-corrected chi connectivity index (χ4v) is 3.64. The summed E-state index contributed by atoms with van der Waals surface area (Å²) in [7, 11) is 1.83. The maximum atomic E-state index is 11.5. The molecule has 0 aromatic heterocycles. The van der Waals surface area contributed by atoms with E-state index in [1.807, 2.05) is 7.05 Å². The Kier molecular flexibility index (Phi) is 9.83. The van der Waals surface area contributed by atoms with Crippen LogP contribution in [0.2, 0.25) is 0 Å². The predicted octanol–water partition coefficient (Wildman–Crippen LogP) is -0.772. The molecule has 6 atom stereocenters. The molecule has 1 rings (SSSR count). The van der Waals surface area contributed by atoms with Crippen molar-refractivity contribution in [1.82, 2.24) is 16.0 Å². The maximum Gasteiger partial charge on any atom is 0.306 e. The summed E-state index contributed by atoms with van der Waals surface area (Å²) < 4.78 is 0. The van der Waals surface area contributed by atoms with Gasteiger partial charge in [0.2, 0.25) is 0 Å². The summed E-state index contributed by atoms with van der Waals surface area (Å²) in [5.41, 5.74) is 6.15. The molecule has 7 N–H and O–H groups in total. The van der Waals surface area contributed by atoms with E-state index in [2.05, 4.69) is 41.2 Å². The third kappa shape index (κ3) is 8.06. The van der Waals surface area contributed by atoms with E-state index in [0.29, 0.717) is 32.2 Å². The number of carboxylic acids is 1. The number of carbonyl (C=O) groups is 1. The lowest BCUT2D eigenvalue weighted by Crippen LogP contribution is -2.50. The van der Waals surface area contributed by atoms with Crippen molar-refractivity contribution < 1.29 is 15.0 Å². The van der Waals surface area contributed by atoms with E-state index in [0.717, 1.165) is 6.54 Å². The summed E-state index contributed by atoms with van der Waals surface area (Å²) in [6.45, 7) is 1.33. The van der Waals surface area contributed by atoms with Gasteiger partial charge in [-0.25, -0.2) is 0 Å².